The number of likely N-dealkylation sites (tertiary alicyclic amines) is 2. The van der Waals surface area contributed by atoms with Gasteiger partial charge in [0.1, 0.15) is 10.3 Å². The van der Waals surface area contributed by atoms with Crippen LogP contribution in [0.5, 0.6) is 0 Å². The van der Waals surface area contributed by atoms with E-state index in [1.165, 1.54) is 4.90 Å². The van der Waals surface area contributed by atoms with Gasteiger partial charge < -0.3 is 9.80 Å². The van der Waals surface area contributed by atoms with E-state index in [1.54, 1.807) is 35.4 Å². The molecule has 0 bridgehead atoms. The number of aromatic nitrogens is 1. The summed E-state index contributed by atoms with van der Waals surface area (Å²) in [6.07, 6.45) is 3.59. The molecule has 11 heteroatoms. The number of thiophene rings is 1. The zero-order valence-corrected chi connectivity index (χ0v) is 21.3. The molecule has 0 spiro atoms. The molecule has 2 amide bonds. The number of pyridine rings is 1. The van der Waals surface area contributed by atoms with Gasteiger partial charge in [-0.1, -0.05) is 23.7 Å². The Kier molecular flexibility index (Phi) is 6.80. The minimum absolute atomic E-state index is 0.0482. The molecule has 2 saturated heterocycles. The number of hydrogen-bond acceptors (Lipinski definition) is 6. The number of hydrogen-bond donors (Lipinski definition) is 1. The van der Waals surface area contributed by atoms with Gasteiger partial charge in [0, 0.05) is 47.2 Å². The Morgan fingerprint density at radius 3 is 2.83 bits per heavy atom. The number of nitrogens with zero attached hydrogens (tertiary/aromatic N) is 3. The molecule has 35 heavy (non-hydrogen) atoms. The summed E-state index contributed by atoms with van der Waals surface area (Å²) in [5.41, 5.74) is 0.967. The lowest BCUT2D eigenvalue weighted by molar-refractivity contribution is -0.142. The Morgan fingerprint density at radius 2 is 2.03 bits per heavy atom. The van der Waals surface area contributed by atoms with Crippen LogP contribution in [0.25, 0.3) is 10.1 Å². The van der Waals surface area contributed by atoms with Gasteiger partial charge in [0.2, 0.25) is 11.8 Å². The lowest BCUT2D eigenvalue weighted by atomic mass is 10.0. The third-order valence-electron chi connectivity index (χ3n) is 6.53. The molecule has 184 valence electrons. The van der Waals surface area contributed by atoms with E-state index in [2.05, 4.69) is 9.71 Å². The molecule has 5 rings (SSSR count). The molecular weight excluding hydrogens is 508 g/mol. The SMILES string of the molecule is O=C(CN1CCC[C@H](NS(=O)(=O)c2cc3ccc(Cl)cc3s2)C1=O)N1CCC(c2ccccn2)C1. The molecule has 2 aliphatic rings. The zero-order chi connectivity index (χ0) is 24.6. The Hall–Kier alpha value is -2.53. The maximum Gasteiger partial charge on any atom is 0.250 e. The largest absolute Gasteiger partial charge is 0.340 e. The summed E-state index contributed by atoms with van der Waals surface area (Å²) in [6.45, 7) is 1.58. The van der Waals surface area contributed by atoms with Gasteiger partial charge in [-0.2, -0.15) is 4.72 Å². The fourth-order valence-electron chi connectivity index (χ4n) is 4.67. The Bertz CT molecular complexity index is 1360. The van der Waals surface area contributed by atoms with Gasteiger partial charge in [-0.05, 0) is 55.0 Å². The number of carbonyl (C=O) groups is 2. The summed E-state index contributed by atoms with van der Waals surface area (Å²) in [5.74, 6) is -0.299. The first-order valence-electron chi connectivity index (χ1n) is 11.5. The maximum atomic E-state index is 13.1. The third-order valence-corrected chi connectivity index (χ3v) is 9.80. The number of fused-ring (bicyclic) bond motifs is 1. The lowest BCUT2D eigenvalue weighted by Gasteiger charge is -2.33. The van der Waals surface area contributed by atoms with Gasteiger partial charge in [0.15, 0.2) is 0 Å². The molecule has 2 atom stereocenters. The zero-order valence-electron chi connectivity index (χ0n) is 18.9. The number of rotatable bonds is 6. The number of amides is 2. The van der Waals surface area contributed by atoms with Crippen molar-refractivity contribution in [1.29, 1.82) is 0 Å². The first-order valence-corrected chi connectivity index (χ1v) is 14.2. The number of halogens is 1. The minimum Gasteiger partial charge on any atom is -0.340 e. The van der Waals surface area contributed by atoms with Crippen molar-refractivity contribution in [3.05, 3.63) is 59.4 Å². The summed E-state index contributed by atoms with van der Waals surface area (Å²) in [5, 5.41) is 1.31. The quantitative estimate of drug-likeness (QED) is 0.525. The summed E-state index contributed by atoms with van der Waals surface area (Å²) in [7, 11) is -3.90. The summed E-state index contributed by atoms with van der Waals surface area (Å²) in [4.78, 5) is 33.7. The topological polar surface area (TPSA) is 99.7 Å². The number of carbonyl (C=O) groups excluding carboxylic acids is 2. The van der Waals surface area contributed by atoms with E-state index in [-0.39, 0.29) is 28.5 Å². The van der Waals surface area contributed by atoms with E-state index in [0.29, 0.717) is 37.5 Å². The van der Waals surface area contributed by atoms with Crippen LogP contribution >= 0.6 is 22.9 Å². The first kappa shape index (κ1) is 24.2. The fourth-order valence-corrected chi connectivity index (χ4v) is 7.59. The van der Waals surface area contributed by atoms with Crippen molar-refractivity contribution in [2.45, 2.75) is 35.4 Å². The molecule has 1 aromatic carbocycles. The van der Waals surface area contributed by atoms with Gasteiger partial charge >= 0.3 is 0 Å². The molecule has 2 aromatic heterocycles. The van der Waals surface area contributed by atoms with Crippen molar-refractivity contribution in [2.24, 2.45) is 0 Å². The monoisotopic (exact) mass is 532 g/mol. The lowest BCUT2D eigenvalue weighted by Crippen LogP contribution is -2.54. The van der Waals surface area contributed by atoms with Crippen molar-refractivity contribution in [2.75, 3.05) is 26.2 Å². The Morgan fingerprint density at radius 1 is 1.17 bits per heavy atom. The molecule has 1 unspecified atom stereocenters. The Balaban J connectivity index is 1.22. The summed E-state index contributed by atoms with van der Waals surface area (Å²) < 4.78 is 29.5. The highest BCUT2D eigenvalue weighted by atomic mass is 35.5. The highest BCUT2D eigenvalue weighted by Gasteiger charge is 2.35. The van der Waals surface area contributed by atoms with Crippen LogP contribution in [0.4, 0.5) is 0 Å². The molecule has 0 saturated carbocycles. The second kappa shape index (κ2) is 9.85. The van der Waals surface area contributed by atoms with Crippen LogP contribution in [0, 0.1) is 0 Å². The van der Waals surface area contributed by atoms with Crippen LogP contribution in [0.3, 0.4) is 0 Å². The Labute approximate surface area is 212 Å². The van der Waals surface area contributed by atoms with Crippen LogP contribution in [0.2, 0.25) is 5.02 Å². The molecule has 0 aliphatic carbocycles. The van der Waals surface area contributed by atoms with Gasteiger partial charge in [0.25, 0.3) is 10.0 Å². The van der Waals surface area contributed by atoms with E-state index in [9.17, 15) is 18.0 Å². The van der Waals surface area contributed by atoms with E-state index < -0.39 is 16.1 Å². The van der Waals surface area contributed by atoms with Crippen LogP contribution < -0.4 is 4.72 Å². The molecule has 1 N–H and O–H groups in total. The fraction of sp³-hybridized carbons (Fsp3) is 0.375. The third kappa shape index (κ3) is 5.20. The average molecular weight is 533 g/mol. The molecular formula is C24H25ClN4O4S2. The number of piperidine rings is 1. The molecule has 4 heterocycles. The summed E-state index contributed by atoms with van der Waals surface area (Å²) in [6, 6.07) is 11.7. The van der Waals surface area contributed by atoms with E-state index in [0.717, 1.165) is 33.5 Å². The second-order valence-corrected chi connectivity index (χ2v) is 12.4. The molecule has 8 nitrogen and oxygen atoms in total. The molecule has 0 radical (unpaired) electrons. The standard InChI is InChI=1S/C24H25ClN4O4S2/c25-18-7-6-16-12-23(34-21(16)13-18)35(32,33)27-20-5-3-10-29(24(20)31)15-22(30)28-11-8-17(14-28)19-4-1-2-9-26-19/h1-2,4,6-7,9,12-13,17,20,27H,3,5,8,10-11,14-15H2/t17?,20-/m0/s1. The predicted octanol–water partition coefficient (Wildman–Crippen LogP) is 3.24. The van der Waals surface area contributed by atoms with Gasteiger partial charge in [0.05, 0.1) is 6.54 Å². The van der Waals surface area contributed by atoms with Gasteiger partial charge in [-0.25, -0.2) is 8.42 Å². The van der Waals surface area contributed by atoms with Crippen molar-refractivity contribution in [3.8, 4) is 0 Å². The summed E-state index contributed by atoms with van der Waals surface area (Å²) >= 11 is 7.13. The predicted molar refractivity (Wildman–Crippen MR) is 135 cm³/mol. The van der Waals surface area contributed by atoms with Crippen LogP contribution in [0.1, 0.15) is 30.9 Å². The molecule has 2 fully saturated rings. The van der Waals surface area contributed by atoms with E-state index in [1.807, 2.05) is 18.2 Å². The van der Waals surface area contributed by atoms with Crippen molar-refractivity contribution in [1.82, 2.24) is 19.5 Å². The first-order chi connectivity index (χ1) is 16.8. The number of benzene rings is 1. The second-order valence-electron chi connectivity index (χ2n) is 8.90. The van der Waals surface area contributed by atoms with Crippen LogP contribution in [0.15, 0.2) is 52.9 Å². The van der Waals surface area contributed by atoms with Gasteiger partial charge in [-0.3, -0.25) is 14.6 Å². The molecule has 2 aliphatic heterocycles. The van der Waals surface area contributed by atoms with E-state index in [4.69, 9.17) is 11.6 Å². The minimum atomic E-state index is -3.90. The smallest absolute Gasteiger partial charge is 0.250 e. The molecule has 3 aromatic rings. The highest BCUT2D eigenvalue weighted by molar-refractivity contribution is 7.91. The average Bonchev–Trinajstić information content (AvgIpc) is 3.50. The van der Waals surface area contributed by atoms with Gasteiger partial charge in [-0.15, -0.1) is 11.3 Å². The van der Waals surface area contributed by atoms with Crippen molar-refractivity contribution in [3.63, 3.8) is 0 Å². The number of sulfonamides is 1. The van der Waals surface area contributed by atoms with E-state index >= 15 is 0 Å². The van der Waals surface area contributed by atoms with Crippen molar-refractivity contribution < 1.29 is 18.0 Å². The number of nitrogens with one attached hydrogen (secondary N) is 1. The maximum absolute atomic E-state index is 13.1. The van der Waals surface area contributed by atoms with Crippen LogP contribution in [-0.4, -0.2) is 67.2 Å². The van der Waals surface area contributed by atoms with Crippen LogP contribution in [-0.2, 0) is 19.6 Å². The van der Waals surface area contributed by atoms with Crippen molar-refractivity contribution >= 4 is 54.9 Å². The normalized spacial score (nSPS) is 21.1. The highest BCUT2D eigenvalue weighted by Crippen LogP contribution is 2.31.